The maximum atomic E-state index is 13.1. The molecule has 0 saturated carbocycles. The van der Waals surface area contributed by atoms with Crippen LogP contribution in [0.3, 0.4) is 0 Å². The van der Waals surface area contributed by atoms with E-state index in [-0.39, 0.29) is 11.7 Å². The molecule has 0 unspecified atom stereocenters. The van der Waals surface area contributed by atoms with Crippen LogP contribution < -0.4 is 5.32 Å². The molecule has 1 N–H and O–H groups in total. The summed E-state index contributed by atoms with van der Waals surface area (Å²) in [5, 5.41) is 3.16. The molecule has 1 amide bonds. The quantitative estimate of drug-likeness (QED) is 0.925. The molecule has 0 spiro atoms. The molecule has 0 aliphatic carbocycles. The van der Waals surface area contributed by atoms with Gasteiger partial charge in [-0.2, -0.15) is 0 Å². The number of hydrogen-bond donors (Lipinski definition) is 1. The molecule has 3 nitrogen and oxygen atoms in total. The van der Waals surface area contributed by atoms with Gasteiger partial charge in [0.25, 0.3) is 5.91 Å². The Bertz CT molecular complexity index is 465. The Labute approximate surface area is 121 Å². The van der Waals surface area contributed by atoms with Crippen LogP contribution in [0.25, 0.3) is 0 Å². The number of nitrogens with one attached hydrogen (secondary N) is 1. The average Bonchev–Trinajstić information content (AvgIpc) is 2.39. The first-order valence-corrected chi connectivity index (χ1v) is 7.30. The summed E-state index contributed by atoms with van der Waals surface area (Å²) in [6, 6.07) is 4.21. The van der Waals surface area contributed by atoms with Crippen LogP contribution in [0.4, 0.5) is 4.39 Å². The normalized spacial score (nSPS) is 19.5. The Morgan fingerprint density at radius 3 is 3.05 bits per heavy atom. The molecule has 1 aromatic rings. The standard InChI is InChI=1S/C14H18BrFN2O/c1-17-8-10-3-2-6-18(9-10)14(19)12-5-4-11(16)7-13(12)15/h4-5,7,10,17H,2-3,6,8-9H2,1H3/t10-/m0/s1. The topological polar surface area (TPSA) is 32.3 Å². The minimum atomic E-state index is -0.338. The van der Waals surface area contributed by atoms with Crippen molar-refractivity contribution in [1.29, 1.82) is 0 Å². The highest BCUT2D eigenvalue weighted by molar-refractivity contribution is 9.10. The van der Waals surface area contributed by atoms with Crippen LogP contribution in [-0.2, 0) is 0 Å². The SMILES string of the molecule is CNC[C@@H]1CCCN(C(=O)c2ccc(F)cc2Br)C1. The summed E-state index contributed by atoms with van der Waals surface area (Å²) >= 11 is 3.26. The van der Waals surface area contributed by atoms with Crippen molar-refractivity contribution in [1.82, 2.24) is 10.2 Å². The Morgan fingerprint density at radius 2 is 2.37 bits per heavy atom. The summed E-state index contributed by atoms with van der Waals surface area (Å²) < 4.78 is 13.6. The molecular weight excluding hydrogens is 311 g/mol. The van der Waals surface area contributed by atoms with Crippen molar-refractivity contribution in [3.63, 3.8) is 0 Å². The zero-order valence-electron chi connectivity index (χ0n) is 11.0. The van der Waals surface area contributed by atoms with E-state index in [1.165, 1.54) is 12.1 Å². The van der Waals surface area contributed by atoms with E-state index in [2.05, 4.69) is 21.2 Å². The lowest BCUT2D eigenvalue weighted by Gasteiger charge is -2.33. The molecule has 1 saturated heterocycles. The highest BCUT2D eigenvalue weighted by atomic mass is 79.9. The van der Waals surface area contributed by atoms with Gasteiger partial charge in [-0.15, -0.1) is 0 Å². The summed E-state index contributed by atoms with van der Waals surface area (Å²) in [4.78, 5) is 14.3. The van der Waals surface area contributed by atoms with Gasteiger partial charge in [-0.1, -0.05) is 0 Å². The van der Waals surface area contributed by atoms with Gasteiger partial charge in [0.15, 0.2) is 0 Å². The second-order valence-corrected chi connectivity index (χ2v) is 5.80. The lowest BCUT2D eigenvalue weighted by atomic mass is 9.97. The molecule has 2 rings (SSSR count). The van der Waals surface area contributed by atoms with Gasteiger partial charge in [0.2, 0.25) is 0 Å². The minimum absolute atomic E-state index is 0.0207. The van der Waals surface area contributed by atoms with E-state index < -0.39 is 0 Å². The number of likely N-dealkylation sites (tertiary alicyclic amines) is 1. The molecule has 1 fully saturated rings. The summed E-state index contributed by atoms with van der Waals surface area (Å²) in [7, 11) is 1.93. The van der Waals surface area contributed by atoms with E-state index in [1.54, 1.807) is 6.07 Å². The summed E-state index contributed by atoms with van der Waals surface area (Å²) in [6.07, 6.45) is 2.17. The fraction of sp³-hybridized carbons (Fsp3) is 0.500. The highest BCUT2D eigenvalue weighted by Crippen LogP contribution is 2.23. The molecule has 0 radical (unpaired) electrons. The van der Waals surface area contributed by atoms with Crippen LogP contribution >= 0.6 is 15.9 Å². The average molecular weight is 329 g/mol. The number of carbonyl (C=O) groups is 1. The van der Waals surface area contributed by atoms with Gasteiger partial charge >= 0.3 is 0 Å². The van der Waals surface area contributed by atoms with Crippen LogP contribution in [-0.4, -0.2) is 37.5 Å². The van der Waals surface area contributed by atoms with Gasteiger partial charge in [-0.3, -0.25) is 4.79 Å². The highest BCUT2D eigenvalue weighted by Gasteiger charge is 2.25. The van der Waals surface area contributed by atoms with E-state index in [4.69, 9.17) is 0 Å². The minimum Gasteiger partial charge on any atom is -0.338 e. The number of halogens is 2. The molecule has 0 aromatic heterocycles. The predicted octanol–water partition coefficient (Wildman–Crippen LogP) is 2.66. The lowest BCUT2D eigenvalue weighted by molar-refractivity contribution is 0.0673. The maximum Gasteiger partial charge on any atom is 0.255 e. The third-order valence-electron chi connectivity index (χ3n) is 3.46. The van der Waals surface area contributed by atoms with Gasteiger partial charge < -0.3 is 10.2 Å². The Hall–Kier alpha value is -0.940. The second-order valence-electron chi connectivity index (χ2n) is 4.94. The fourth-order valence-electron chi connectivity index (χ4n) is 2.54. The number of hydrogen-bond acceptors (Lipinski definition) is 2. The van der Waals surface area contributed by atoms with Crippen molar-refractivity contribution in [2.45, 2.75) is 12.8 Å². The molecule has 1 aliphatic heterocycles. The van der Waals surface area contributed by atoms with Crippen LogP contribution in [0.2, 0.25) is 0 Å². The zero-order chi connectivity index (χ0) is 13.8. The van der Waals surface area contributed by atoms with Gasteiger partial charge in [0.05, 0.1) is 5.56 Å². The van der Waals surface area contributed by atoms with Gasteiger partial charge in [0.1, 0.15) is 5.82 Å². The zero-order valence-corrected chi connectivity index (χ0v) is 12.5. The first-order chi connectivity index (χ1) is 9.11. The van der Waals surface area contributed by atoms with Crippen molar-refractivity contribution in [2.75, 3.05) is 26.7 Å². The van der Waals surface area contributed by atoms with E-state index in [0.717, 1.165) is 32.5 Å². The molecular formula is C14H18BrFN2O. The molecule has 5 heteroatoms. The smallest absolute Gasteiger partial charge is 0.255 e. The Kier molecular flexibility index (Phi) is 4.93. The van der Waals surface area contributed by atoms with E-state index >= 15 is 0 Å². The van der Waals surface area contributed by atoms with Crippen LogP contribution in [0.15, 0.2) is 22.7 Å². The molecule has 0 bridgehead atoms. The maximum absolute atomic E-state index is 13.1. The predicted molar refractivity (Wildman–Crippen MR) is 76.7 cm³/mol. The third-order valence-corrected chi connectivity index (χ3v) is 4.12. The van der Waals surface area contributed by atoms with Crippen LogP contribution in [0.5, 0.6) is 0 Å². The molecule has 1 atom stereocenters. The summed E-state index contributed by atoms with van der Waals surface area (Å²) in [5.74, 6) is 0.143. The number of carbonyl (C=O) groups excluding carboxylic acids is 1. The Morgan fingerprint density at radius 1 is 1.58 bits per heavy atom. The summed E-state index contributed by atoms with van der Waals surface area (Å²) in [6.45, 7) is 2.47. The Balaban J connectivity index is 2.10. The van der Waals surface area contributed by atoms with E-state index in [9.17, 15) is 9.18 Å². The first kappa shape index (κ1) is 14.5. The van der Waals surface area contributed by atoms with Gasteiger partial charge in [-0.25, -0.2) is 4.39 Å². The van der Waals surface area contributed by atoms with Crippen molar-refractivity contribution in [3.05, 3.63) is 34.1 Å². The first-order valence-electron chi connectivity index (χ1n) is 6.50. The molecule has 1 aliphatic rings. The lowest BCUT2D eigenvalue weighted by Crippen LogP contribution is -2.42. The van der Waals surface area contributed by atoms with Crippen molar-refractivity contribution >= 4 is 21.8 Å². The number of piperidine rings is 1. The number of amides is 1. The van der Waals surface area contributed by atoms with Crippen molar-refractivity contribution < 1.29 is 9.18 Å². The number of nitrogens with zero attached hydrogens (tertiary/aromatic N) is 1. The second kappa shape index (κ2) is 6.48. The molecule has 1 aromatic carbocycles. The fourth-order valence-corrected chi connectivity index (χ4v) is 3.06. The summed E-state index contributed by atoms with van der Waals surface area (Å²) in [5.41, 5.74) is 0.534. The van der Waals surface area contributed by atoms with Gasteiger partial charge in [0, 0.05) is 17.6 Å². The van der Waals surface area contributed by atoms with Crippen LogP contribution in [0.1, 0.15) is 23.2 Å². The van der Waals surface area contributed by atoms with Crippen molar-refractivity contribution in [3.8, 4) is 0 Å². The van der Waals surface area contributed by atoms with Crippen LogP contribution in [0, 0.1) is 11.7 Å². The third kappa shape index (κ3) is 3.54. The van der Waals surface area contributed by atoms with E-state index in [1.807, 2.05) is 11.9 Å². The monoisotopic (exact) mass is 328 g/mol. The number of rotatable bonds is 3. The molecule has 104 valence electrons. The van der Waals surface area contributed by atoms with E-state index in [0.29, 0.717) is 16.0 Å². The van der Waals surface area contributed by atoms with Crippen molar-refractivity contribution in [2.24, 2.45) is 5.92 Å². The number of benzene rings is 1. The van der Waals surface area contributed by atoms with Gasteiger partial charge in [-0.05, 0) is 66.5 Å². The largest absolute Gasteiger partial charge is 0.338 e. The molecule has 19 heavy (non-hydrogen) atoms. The molecule has 1 heterocycles.